The van der Waals surface area contributed by atoms with Crippen molar-refractivity contribution in [3.63, 3.8) is 0 Å². The first kappa shape index (κ1) is 15.3. The van der Waals surface area contributed by atoms with Crippen LogP contribution in [0.4, 0.5) is 11.5 Å². The van der Waals surface area contributed by atoms with Gasteiger partial charge in [0.2, 0.25) is 0 Å². The second-order valence-corrected chi connectivity index (χ2v) is 4.92. The molecule has 5 heteroatoms. The largest absolute Gasteiger partial charge is 0.397 e. The highest BCUT2D eigenvalue weighted by Crippen LogP contribution is 2.17. The summed E-state index contributed by atoms with van der Waals surface area (Å²) in [7, 11) is 0. The van der Waals surface area contributed by atoms with Crippen LogP contribution in [0.1, 0.15) is 56.3 Å². The fourth-order valence-corrected chi connectivity index (χ4v) is 1.97. The highest BCUT2D eigenvalue weighted by Gasteiger charge is 2.12. The Balaban J connectivity index is 2.58. The third-order valence-corrected chi connectivity index (χ3v) is 3.05. The van der Waals surface area contributed by atoms with E-state index in [4.69, 9.17) is 11.5 Å². The van der Waals surface area contributed by atoms with Gasteiger partial charge >= 0.3 is 0 Å². The van der Waals surface area contributed by atoms with E-state index in [-0.39, 0.29) is 6.04 Å². The number of carbonyl (C=O) groups excluding carboxylic acids is 1. The molecule has 19 heavy (non-hydrogen) atoms. The first-order chi connectivity index (χ1) is 9.04. The summed E-state index contributed by atoms with van der Waals surface area (Å²) in [4.78, 5) is 15.5. The van der Waals surface area contributed by atoms with Crippen LogP contribution in [-0.2, 0) is 0 Å². The van der Waals surface area contributed by atoms with Gasteiger partial charge in [-0.15, -0.1) is 0 Å². The molecule has 1 heterocycles. The van der Waals surface area contributed by atoms with Gasteiger partial charge in [0.1, 0.15) is 5.82 Å². The number of nitrogens with one attached hydrogen (secondary N) is 1. The molecule has 0 aliphatic heterocycles. The fourth-order valence-electron chi connectivity index (χ4n) is 1.97. The molecular formula is C14H24N4O. The molecule has 0 saturated heterocycles. The predicted octanol–water partition coefficient (Wildman–Crippen LogP) is 2.53. The Labute approximate surface area is 114 Å². The van der Waals surface area contributed by atoms with Crippen molar-refractivity contribution in [3.05, 3.63) is 17.8 Å². The first-order valence-corrected chi connectivity index (χ1v) is 6.86. The number of pyridine rings is 1. The molecule has 1 amide bonds. The summed E-state index contributed by atoms with van der Waals surface area (Å²) in [6.07, 6.45) is 7.47. The Morgan fingerprint density at radius 3 is 2.79 bits per heavy atom. The monoisotopic (exact) mass is 264 g/mol. The van der Waals surface area contributed by atoms with Gasteiger partial charge in [0.25, 0.3) is 5.91 Å². The lowest BCUT2D eigenvalue weighted by Crippen LogP contribution is -2.21. The standard InChI is InChI=1S/C14H24N4O/c1-3-4-5-6-7-10(2)18-14-12(13(16)19)8-11(15)9-17-14/h8-10H,3-7,15H2,1-2H3,(H2,16,19)(H,17,18). The summed E-state index contributed by atoms with van der Waals surface area (Å²) in [5.74, 6) is 0.00479. The van der Waals surface area contributed by atoms with Crippen LogP contribution in [-0.4, -0.2) is 16.9 Å². The Kier molecular flexibility index (Phi) is 6.12. The van der Waals surface area contributed by atoms with E-state index in [0.29, 0.717) is 17.1 Å². The zero-order chi connectivity index (χ0) is 14.3. The van der Waals surface area contributed by atoms with E-state index in [1.54, 1.807) is 6.07 Å². The van der Waals surface area contributed by atoms with Crippen LogP contribution in [0.25, 0.3) is 0 Å². The summed E-state index contributed by atoms with van der Waals surface area (Å²) < 4.78 is 0. The molecule has 0 fully saturated rings. The van der Waals surface area contributed by atoms with Crippen molar-refractivity contribution < 1.29 is 4.79 Å². The zero-order valence-electron chi connectivity index (χ0n) is 11.8. The average Bonchev–Trinajstić information content (AvgIpc) is 2.36. The Morgan fingerprint density at radius 2 is 2.16 bits per heavy atom. The minimum atomic E-state index is -0.513. The molecule has 0 radical (unpaired) electrons. The number of carbonyl (C=O) groups is 1. The van der Waals surface area contributed by atoms with Gasteiger partial charge in [0.05, 0.1) is 17.4 Å². The number of nitrogens with two attached hydrogens (primary N) is 2. The Hall–Kier alpha value is -1.78. The number of unbranched alkanes of at least 4 members (excludes halogenated alkanes) is 3. The summed E-state index contributed by atoms with van der Waals surface area (Å²) in [6, 6.07) is 1.81. The molecule has 5 N–H and O–H groups in total. The van der Waals surface area contributed by atoms with Crippen molar-refractivity contribution in [3.8, 4) is 0 Å². The van der Waals surface area contributed by atoms with Gasteiger partial charge in [-0.05, 0) is 19.4 Å². The first-order valence-electron chi connectivity index (χ1n) is 6.86. The molecule has 1 aromatic heterocycles. The van der Waals surface area contributed by atoms with Crippen molar-refractivity contribution in [2.24, 2.45) is 5.73 Å². The minimum Gasteiger partial charge on any atom is -0.397 e. The highest BCUT2D eigenvalue weighted by atomic mass is 16.1. The number of anilines is 2. The summed E-state index contributed by atoms with van der Waals surface area (Å²) in [5.41, 5.74) is 11.7. The Bertz CT molecular complexity index is 420. The number of rotatable bonds is 8. The van der Waals surface area contributed by atoms with E-state index in [2.05, 4.69) is 24.1 Å². The SMILES string of the molecule is CCCCCCC(C)Nc1ncc(N)cc1C(N)=O. The number of aromatic nitrogens is 1. The normalized spacial score (nSPS) is 12.1. The number of amides is 1. The van der Waals surface area contributed by atoms with Crippen LogP contribution in [0.2, 0.25) is 0 Å². The van der Waals surface area contributed by atoms with E-state index < -0.39 is 5.91 Å². The quantitative estimate of drug-likeness (QED) is 0.629. The van der Waals surface area contributed by atoms with Gasteiger partial charge in [-0.25, -0.2) is 4.98 Å². The molecule has 1 rings (SSSR count). The fraction of sp³-hybridized carbons (Fsp3) is 0.571. The highest BCUT2D eigenvalue weighted by molar-refractivity contribution is 5.98. The molecule has 5 nitrogen and oxygen atoms in total. The summed E-state index contributed by atoms with van der Waals surface area (Å²) >= 11 is 0. The lowest BCUT2D eigenvalue weighted by Gasteiger charge is -2.16. The second kappa shape index (κ2) is 7.61. The van der Waals surface area contributed by atoms with Crippen molar-refractivity contribution >= 4 is 17.4 Å². The van der Waals surface area contributed by atoms with Crippen LogP contribution >= 0.6 is 0 Å². The molecule has 1 atom stereocenters. The lowest BCUT2D eigenvalue weighted by atomic mass is 10.1. The van der Waals surface area contributed by atoms with E-state index in [0.717, 1.165) is 6.42 Å². The van der Waals surface area contributed by atoms with Crippen molar-refractivity contribution in [1.29, 1.82) is 0 Å². The maximum atomic E-state index is 11.3. The van der Waals surface area contributed by atoms with Crippen LogP contribution in [0.3, 0.4) is 0 Å². The summed E-state index contributed by atoms with van der Waals surface area (Å²) in [5, 5.41) is 3.23. The molecular weight excluding hydrogens is 240 g/mol. The lowest BCUT2D eigenvalue weighted by molar-refractivity contribution is 0.100. The van der Waals surface area contributed by atoms with Crippen LogP contribution in [0, 0.1) is 0 Å². The molecule has 106 valence electrons. The predicted molar refractivity (Wildman–Crippen MR) is 79.0 cm³/mol. The number of nitrogen functional groups attached to an aromatic ring is 1. The third-order valence-electron chi connectivity index (χ3n) is 3.05. The molecule has 0 bridgehead atoms. The molecule has 0 aromatic carbocycles. The minimum absolute atomic E-state index is 0.256. The van der Waals surface area contributed by atoms with Gasteiger partial charge in [-0.3, -0.25) is 4.79 Å². The van der Waals surface area contributed by atoms with Crippen LogP contribution < -0.4 is 16.8 Å². The second-order valence-electron chi connectivity index (χ2n) is 4.92. The van der Waals surface area contributed by atoms with Gasteiger partial charge < -0.3 is 16.8 Å². The number of nitrogens with zero attached hydrogens (tertiary/aromatic N) is 1. The van der Waals surface area contributed by atoms with E-state index in [9.17, 15) is 4.79 Å². The van der Waals surface area contributed by atoms with Crippen molar-refractivity contribution in [2.45, 2.75) is 52.0 Å². The molecule has 1 aromatic rings. The molecule has 0 saturated carbocycles. The topological polar surface area (TPSA) is 94.0 Å². The van der Waals surface area contributed by atoms with Gasteiger partial charge in [0, 0.05) is 6.04 Å². The van der Waals surface area contributed by atoms with Crippen molar-refractivity contribution in [2.75, 3.05) is 11.1 Å². The Morgan fingerprint density at radius 1 is 1.42 bits per heavy atom. The van der Waals surface area contributed by atoms with E-state index in [1.165, 1.54) is 31.9 Å². The third kappa shape index (κ3) is 5.16. The van der Waals surface area contributed by atoms with Gasteiger partial charge in [-0.1, -0.05) is 32.6 Å². The van der Waals surface area contributed by atoms with E-state index >= 15 is 0 Å². The van der Waals surface area contributed by atoms with E-state index in [1.807, 2.05) is 0 Å². The smallest absolute Gasteiger partial charge is 0.252 e. The molecule has 0 aliphatic rings. The van der Waals surface area contributed by atoms with Crippen LogP contribution in [0.15, 0.2) is 12.3 Å². The van der Waals surface area contributed by atoms with Crippen molar-refractivity contribution in [1.82, 2.24) is 4.98 Å². The van der Waals surface area contributed by atoms with Gasteiger partial charge in [0.15, 0.2) is 0 Å². The maximum Gasteiger partial charge on any atom is 0.252 e. The molecule has 0 aliphatic carbocycles. The molecule has 1 unspecified atom stereocenters. The number of hydrogen-bond acceptors (Lipinski definition) is 4. The number of primary amides is 1. The van der Waals surface area contributed by atoms with Gasteiger partial charge in [-0.2, -0.15) is 0 Å². The zero-order valence-corrected chi connectivity index (χ0v) is 11.8. The maximum absolute atomic E-state index is 11.3. The number of hydrogen-bond donors (Lipinski definition) is 3. The molecule has 0 spiro atoms. The average molecular weight is 264 g/mol. The van der Waals surface area contributed by atoms with Crippen LogP contribution in [0.5, 0.6) is 0 Å². The summed E-state index contributed by atoms with van der Waals surface area (Å²) in [6.45, 7) is 4.27.